The minimum absolute atomic E-state index is 0.00710. The maximum atomic E-state index is 12.0. The standard InChI is InChI=1S/C19H26N2O6/c1-3-4-5-6-7-11-18(22)20-15(2)19(23)26-13-16-9-8-10-17(12-16)14-27-21(24)25/h4-5,8-10,12,15H,3,6-7,11,13-14H2,1-2H3,(H,20,22)/b5-4-. The minimum Gasteiger partial charge on any atom is -0.459 e. The third-order valence-electron chi connectivity index (χ3n) is 3.62. The predicted molar refractivity (Wildman–Crippen MR) is 98.9 cm³/mol. The molecule has 1 atom stereocenters. The van der Waals surface area contributed by atoms with Crippen molar-refractivity contribution in [1.82, 2.24) is 5.32 Å². The summed E-state index contributed by atoms with van der Waals surface area (Å²) in [5.74, 6) is -0.732. The predicted octanol–water partition coefficient (Wildman–Crippen LogP) is 3.08. The molecule has 1 aromatic carbocycles. The first-order valence-electron chi connectivity index (χ1n) is 8.88. The van der Waals surface area contributed by atoms with Crippen molar-refractivity contribution in [3.63, 3.8) is 0 Å². The van der Waals surface area contributed by atoms with Crippen LogP contribution < -0.4 is 5.32 Å². The highest BCUT2D eigenvalue weighted by molar-refractivity contribution is 5.84. The molecule has 0 bridgehead atoms. The van der Waals surface area contributed by atoms with E-state index in [2.05, 4.69) is 16.2 Å². The SMILES string of the molecule is CC/C=C\CCCC(=O)NC(C)C(=O)OCc1cccc(CO[N+](=O)[O-])c1. The van der Waals surface area contributed by atoms with Crippen LogP contribution in [0.25, 0.3) is 0 Å². The lowest BCUT2D eigenvalue weighted by Gasteiger charge is -2.13. The number of allylic oxidation sites excluding steroid dienone is 2. The van der Waals surface area contributed by atoms with Crippen molar-refractivity contribution in [3.8, 4) is 0 Å². The van der Waals surface area contributed by atoms with Gasteiger partial charge in [-0.15, -0.1) is 10.1 Å². The number of hydrogen-bond acceptors (Lipinski definition) is 6. The lowest BCUT2D eigenvalue weighted by Crippen LogP contribution is -2.39. The van der Waals surface area contributed by atoms with Crippen molar-refractivity contribution in [1.29, 1.82) is 0 Å². The van der Waals surface area contributed by atoms with Crippen molar-refractivity contribution in [2.45, 2.75) is 58.8 Å². The first-order chi connectivity index (χ1) is 12.9. The molecule has 148 valence electrons. The van der Waals surface area contributed by atoms with Crippen molar-refractivity contribution in [2.75, 3.05) is 0 Å². The van der Waals surface area contributed by atoms with E-state index in [1.54, 1.807) is 31.2 Å². The van der Waals surface area contributed by atoms with Crippen molar-refractivity contribution < 1.29 is 24.3 Å². The highest BCUT2D eigenvalue weighted by atomic mass is 16.9. The summed E-state index contributed by atoms with van der Waals surface area (Å²) >= 11 is 0. The van der Waals surface area contributed by atoms with Gasteiger partial charge in [-0.2, -0.15) is 0 Å². The van der Waals surface area contributed by atoms with Crippen LogP contribution in [-0.2, 0) is 32.4 Å². The van der Waals surface area contributed by atoms with Gasteiger partial charge in [0.2, 0.25) is 5.91 Å². The van der Waals surface area contributed by atoms with E-state index in [1.165, 1.54) is 0 Å². The highest BCUT2D eigenvalue weighted by Crippen LogP contribution is 2.09. The molecule has 0 radical (unpaired) electrons. The maximum absolute atomic E-state index is 12.0. The number of carbonyl (C=O) groups is 2. The second kappa shape index (κ2) is 12.5. The van der Waals surface area contributed by atoms with E-state index >= 15 is 0 Å². The molecule has 0 aliphatic carbocycles. The Bertz CT molecular complexity index is 659. The van der Waals surface area contributed by atoms with Gasteiger partial charge in [0, 0.05) is 6.42 Å². The number of amides is 1. The lowest BCUT2D eigenvalue weighted by atomic mass is 10.1. The summed E-state index contributed by atoms with van der Waals surface area (Å²) in [6.07, 6.45) is 6.97. The van der Waals surface area contributed by atoms with Crippen LogP contribution in [0, 0.1) is 10.1 Å². The molecule has 27 heavy (non-hydrogen) atoms. The zero-order valence-corrected chi connectivity index (χ0v) is 15.7. The van der Waals surface area contributed by atoms with E-state index in [0.717, 1.165) is 19.3 Å². The average molecular weight is 378 g/mol. The van der Waals surface area contributed by atoms with Crippen LogP contribution in [0.3, 0.4) is 0 Å². The van der Waals surface area contributed by atoms with E-state index < -0.39 is 17.1 Å². The molecule has 1 aromatic rings. The number of rotatable bonds is 12. The van der Waals surface area contributed by atoms with Crippen LogP contribution in [0.2, 0.25) is 0 Å². The summed E-state index contributed by atoms with van der Waals surface area (Å²) in [5.41, 5.74) is 1.27. The Kier molecular flexibility index (Phi) is 10.2. The van der Waals surface area contributed by atoms with E-state index in [0.29, 0.717) is 17.5 Å². The van der Waals surface area contributed by atoms with E-state index in [-0.39, 0.29) is 19.1 Å². The van der Waals surface area contributed by atoms with Gasteiger partial charge in [-0.25, -0.2) is 4.79 Å². The first kappa shape index (κ1) is 22.1. The lowest BCUT2D eigenvalue weighted by molar-refractivity contribution is -0.763. The topological polar surface area (TPSA) is 108 Å². The number of nitrogens with zero attached hydrogens (tertiary/aromatic N) is 1. The first-order valence-corrected chi connectivity index (χ1v) is 8.88. The fourth-order valence-electron chi connectivity index (χ4n) is 2.25. The quantitative estimate of drug-likeness (QED) is 0.197. The van der Waals surface area contributed by atoms with Crippen molar-refractivity contribution in [2.24, 2.45) is 0 Å². The van der Waals surface area contributed by atoms with Crippen molar-refractivity contribution >= 4 is 11.9 Å². The van der Waals surface area contributed by atoms with Gasteiger partial charge >= 0.3 is 5.97 Å². The number of nitrogens with one attached hydrogen (secondary N) is 1. The molecule has 1 amide bonds. The largest absolute Gasteiger partial charge is 0.459 e. The Labute approximate surface area is 158 Å². The van der Waals surface area contributed by atoms with E-state index in [4.69, 9.17) is 4.74 Å². The maximum Gasteiger partial charge on any atom is 0.328 e. The molecule has 1 unspecified atom stereocenters. The number of ether oxygens (including phenoxy) is 1. The van der Waals surface area contributed by atoms with Gasteiger partial charge in [0.15, 0.2) is 0 Å². The molecule has 0 saturated heterocycles. The summed E-state index contributed by atoms with van der Waals surface area (Å²) in [6, 6.07) is 6.01. The highest BCUT2D eigenvalue weighted by Gasteiger charge is 2.16. The van der Waals surface area contributed by atoms with Gasteiger partial charge in [0.1, 0.15) is 19.3 Å². The molecule has 0 saturated carbocycles. The third kappa shape index (κ3) is 9.98. The Morgan fingerprint density at radius 3 is 2.63 bits per heavy atom. The molecule has 8 heteroatoms. The zero-order valence-electron chi connectivity index (χ0n) is 15.7. The number of esters is 1. The Hall–Kier alpha value is -2.90. The number of carbonyl (C=O) groups excluding carboxylic acids is 2. The van der Waals surface area contributed by atoms with Gasteiger partial charge in [0.05, 0.1) is 0 Å². The van der Waals surface area contributed by atoms with Crippen LogP contribution in [0.5, 0.6) is 0 Å². The number of unbranched alkanes of at least 4 members (excludes halogenated alkanes) is 1. The van der Waals surface area contributed by atoms with Gasteiger partial charge < -0.3 is 14.9 Å². The van der Waals surface area contributed by atoms with Gasteiger partial charge in [-0.05, 0) is 37.3 Å². The minimum atomic E-state index is -0.864. The molecule has 0 aliphatic heterocycles. The molecular weight excluding hydrogens is 352 g/mol. The molecule has 8 nitrogen and oxygen atoms in total. The Balaban J connectivity index is 2.36. The summed E-state index contributed by atoms with van der Waals surface area (Å²) < 4.78 is 5.19. The molecule has 0 spiro atoms. The van der Waals surface area contributed by atoms with Gasteiger partial charge in [-0.1, -0.05) is 43.3 Å². The molecule has 0 heterocycles. The van der Waals surface area contributed by atoms with Crippen LogP contribution in [0.1, 0.15) is 50.7 Å². The Morgan fingerprint density at radius 2 is 1.96 bits per heavy atom. The van der Waals surface area contributed by atoms with Crippen LogP contribution in [-0.4, -0.2) is 23.0 Å². The summed E-state index contributed by atoms with van der Waals surface area (Å²) in [4.78, 5) is 38.4. The normalized spacial score (nSPS) is 11.8. The number of hydrogen-bond donors (Lipinski definition) is 1. The molecule has 1 N–H and O–H groups in total. The van der Waals surface area contributed by atoms with Crippen LogP contribution in [0.4, 0.5) is 0 Å². The molecule has 1 rings (SSSR count). The Morgan fingerprint density at radius 1 is 1.26 bits per heavy atom. The summed E-state index contributed by atoms with van der Waals surface area (Å²) in [7, 11) is 0. The van der Waals surface area contributed by atoms with Gasteiger partial charge in [-0.3, -0.25) is 4.79 Å². The number of benzene rings is 1. The second-order valence-electron chi connectivity index (χ2n) is 5.99. The molecular formula is C19H26N2O6. The summed E-state index contributed by atoms with van der Waals surface area (Å²) in [6.45, 7) is 3.45. The monoisotopic (exact) mass is 378 g/mol. The fraction of sp³-hybridized carbons (Fsp3) is 0.474. The second-order valence-corrected chi connectivity index (χ2v) is 5.99. The van der Waals surface area contributed by atoms with Crippen LogP contribution >= 0.6 is 0 Å². The van der Waals surface area contributed by atoms with Gasteiger partial charge in [0.25, 0.3) is 5.09 Å². The third-order valence-corrected chi connectivity index (χ3v) is 3.62. The van der Waals surface area contributed by atoms with E-state index in [9.17, 15) is 19.7 Å². The zero-order chi connectivity index (χ0) is 20.1. The fourth-order valence-corrected chi connectivity index (χ4v) is 2.25. The molecule has 0 aromatic heterocycles. The van der Waals surface area contributed by atoms with Crippen molar-refractivity contribution in [3.05, 3.63) is 57.7 Å². The van der Waals surface area contributed by atoms with E-state index in [1.807, 2.05) is 13.0 Å². The van der Waals surface area contributed by atoms with Crippen LogP contribution in [0.15, 0.2) is 36.4 Å². The molecule has 0 fully saturated rings. The molecule has 0 aliphatic rings. The average Bonchev–Trinajstić information content (AvgIpc) is 2.64. The smallest absolute Gasteiger partial charge is 0.328 e. The summed E-state index contributed by atoms with van der Waals surface area (Å²) in [5, 5.41) is 12.0.